The lowest BCUT2D eigenvalue weighted by Crippen LogP contribution is -2.13. The molecular formula is C14H14FN3O3. The average Bonchev–Trinajstić information content (AvgIpc) is 2.94. The number of ether oxygens (including phenoxy) is 1. The normalized spacial score (nSPS) is 10.2. The van der Waals surface area contributed by atoms with Crippen molar-refractivity contribution in [2.75, 3.05) is 12.4 Å². The smallest absolute Gasteiger partial charge is 0.354 e. The summed E-state index contributed by atoms with van der Waals surface area (Å²) in [4.78, 5) is 25.2. The minimum Gasteiger partial charge on any atom is -0.464 e. The Morgan fingerprint density at radius 1 is 1.33 bits per heavy atom. The van der Waals surface area contributed by atoms with Crippen LogP contribution in [0, 0.1) is 5.82 Å². The molecule has 2 rings (SSSR count). The predicted octanol–water partition coefficient (Wildman–Crippen LogP) is 1.65. The fourth-order valence-electron chi connectivity index (χ4n) is 1.79. The molecule has 7 heteroatoms. The number of esters is 1. The molecule has 6 nitrogen and oxygen atoms in total. The van der Waals surface area contributed by atoms with E-state index in [9.17, 15) is 14.0 Å². The van der Waals surface area contributed by atoms with Crippen molar-refractivity contribution in [2.24, 2.45) is 5.73 Å². The molecule has 1 heterocycles. The van der Waals surface area contributed by atoms with Gasteiger partial charge in [0, 0.05) is 11.4 Å². The number of methoxy groups -OCH3 is 1. The van der Waals surface area contributed by atoms with E-state index >= 15 is 0 Å². The molecule has 0 unspecified atom stereocenters. The number of hydrogen-bond acceptors (Lipinski definition) is 4. The molecular weight excluding hydrogens is 277 g/mol. The van der Waals surface area contributed by atoms with Crippen LogP contribution < -0.4 is 11.1 Å². The molecule has 1 amide bonds. The van der Waals surface area contributed by atoms with Crippen molar-refractivity contribution in [3.05, 3.63) is 53.1 Å². The zero-order chi connectivity index (χ0) is 15.4. The number of primary amides is 1. The standard InChI is InChI=1S/C14H14FN3O3/c1-21-14(20)12-5-3-9(18-12)7-17-8-2-4-11(15)10(6-8)13(16)19/h2-6,17-18H,7H2,1H3,(H2,16,19). The highest BCUT2D eigenvalue weighted by Gasteiger charge is 2.10. The number of aromatic amines is 1. The fraction of sp³-hybridized carbons (Fsp3) is 0.143. The third-order valence-corrected chi connectivity index (χ3v) is 2.87. The van der Waals surface area contributed by atoms with Crippen LogP contribution in [0.2, 0.25) is 0 Å². The molecule has 0 fully saturated rings. The maximum atomic E-state index is 13.3. The number of carbonyl (C=O) groups is 2. The summed E-state index contributed by atoms with van der Waals surface area (Å²) in [5.41, 5.74) is 6.52. The topological polar surface area (TPSA) is 97.2 Å². The van der Waals surface area contributed by atoms with Crippen molar-refractivity contribution in [1.82, 2.24) is 4.98 Å². The molecule has 21 heavy (non-hydrogen) atoms. The molecule has 4 N–H and O–H groups in total. The van der Waals surface area contributed by atoms with Gasteiger partial charge in [-0.05, 0) is 30.3 Å². The van der Waals surface area contributed by atoms with E-state index in [1.165, 1.54) is 19.2 Å². The van der Waals surface area contributed by atoms with Gasteiger partial charge in [0.15, 0.2) is 0 Å². The Labute approximate surface area is 120 Å². The second kappa shape index (κ2) is 6.08. The number of nitrogens with two attached hydrogens (primary N) is 1. The maximum Gasteiger partial charge on any atom is 0.354 e. The van der Waals surface area contributed by atoms with E-state index in [-0.39, 0.29) is 5.56 Å². The third kappa shape index (κ3) is 3.38. The third-order valence-electron chi connectivity index (χ3n) is 2.87. The first-order chi connectivity index (χ1) is 10.0. The summed E-state index contributed by atoms with van der Waals surface area (Å²) in [6, 6.07) is 7.31. The molecule has 0 bridgehead atoms. The number of benzene rings is 1. The van der Waals surface area contributed by atoms with E-state index in [1.807, 2.05) is 0 Å². The summed E-state index contributed by atoms with van der Waals surface area (Å²) in [5.74, 6) is -1.95. The lowest BCUT2D eigenvalue weighted by atomic mass is 10.2. The van der Waals surface area contributed by atoms with Crippen molar-refractivity contribution in [2.45, 2.75) is 6.54 Å². The second-order valence-corrected chi connectivity index (χ2v) is 4.30. The first-order valence-electron chi connectivity index (χ1n) is 6.10. The molecule has 0 aliphatic rings. The Bertz CT molecular complexity index is 682. The molecule has 0 saturated carbocycles. The van der Waals surface area contributed by atoms with E-state index in [0.29, 0.717) is 17.9 Å². The van der Waals surface area contributed by atoms with Crippen LogP contribution in [0.3, 0.4) is 0 Å². The van der Waals surface area contributed by atoms with Gasteiger partial charge in [-0.15, -0.1) is 0 Å². The Hall–Kier alpha value is -2.83. The van der Waals surface area contributed by atoms with E-state index in [0.717, 1.165) is 11.8 Å². The van der Waals surface area contributed by atoms with Crippen LogP contribution in [0.25, 0.3) is 0 Å². The SMILES string of the molecule is COC(=O)c1ccc(CNc2ccc(F)c(C(N)=O)c2)[nH]1. The predicted molar refractivity (Wildman–Crippen MR) is 74.4 cm³/mol. The van der Waals surface area contributed by atoms with Crippen LogP contribution in [0.5, 0.6) is 0 Å². The summed E-state index contributed by atoms with van der Waals surface area (Å²) in [6.07, 6.45) is 0. The maximum absolute atomic E-state index is 13.3. The van der Waals surface area contributed by atoms with Gasteiger partial charge >= 0.3 is 5.97 Å². The van der Waals surface area contributed by atoms with Gasteiger partial charge in [-0.25, -0.2) is 9.18 Å². The molecule has 110 valence electrons. The minimum absolute atomic E-state index is 0.179. The van der Waals surface area contributed by atoms with Gasteiger partial charge in [0.05, 0.1) is 19.2 Å². The quantitative estimate of drug-likeness (QED) is 0.730. The fourth-order valence-corrected chi connectivity index (χ4v) is 1.79. The van der Waals surface area contributed by atoms with Crippen LogP contribution >= 0.6 is 0 Å². The number of nitrogens with one attached hydrogen (secondary N) is 2. The molecule has 0 aliphatic heterocycles. The molecule has 0 spiro atoms. The summed E-state index contributed by atoms with van der Waals surface area (Å²) < 4.78 is 17.9. The van der Waals surface area contributed by atoms with Crippen molar-refractivity contribution in [1.29, 1.82) is 0 Å². The first-order valence-corrected chi connectivity index (χ1v) is 6.10. The Morgan fingerprint density at radius 3 is 2.76 bits per heavy atom. The Kier molecular flexibility index (Phi) is 4.22. The first kappa shape index (κ1) is 14.6. The van der Waals surface area contributed by atoms with Crippen LogP contribution in [0.1, 0.15) is 26.5 Å². The summed E-state index contributed by atoms with van der Waals surface area (Å²) in [7, 11) is 1.30. The van der Waals surface area contributed by atoms with E-state index < -0.39 is 17.7 Å². The molecule has 0 saturated heterocycles. The number of aromatic nitrogens is 1. The number of anilines is 1. The number of H-pyrrole nitrogens is 1. The number of carbonyl (C=O) groups excluding carboxylic acids is 2. The van der Waals surface area contributed by atoms with Gasteiger partial charge in [-0.1, -0.05) is 0 Å². The summed E-state index contributed by atoms with van der Waals surface area (Å²) in [5, 5.41) is 3.00. The van der Waals surface area contributed by atoms with Crippen molar-refractivity contribution < 1.29 is 18.7 Å². The molecule has 2 aromatic rings. The van der Waals surface area contributed by atoms with Gasteiger partial charge in [0.25, 0.3) is 5.91 Å². The van der Waals surface area contributed by atoms with E-state index in [4.69, 9.17) is 5.73 Å². The lowest BCUT2D eigenvalue weighted by Gasteiger charge is -2.07. The van der Waals surface area contributed by atoms with Gasteiger partial charge in [-0.2, -0.15) is 0 Å². The molecule has 1 aromatic carbocycles. The summed E-state index contributed by atoms with van der Waals surface area (Å²) in [6.45, 7) is 0.362. The number of hydrogen-bond donors (Lipinski definition) is 3. The van der Waals surface area contributed by atoms with Gasteiger partial charge in [0.1, 0.15) is 11.5 Å². The Balaban J connectivity index is 2.06. The highest BCUT2D eigenvalue weighted by atomic mass is 19.1. The van der Waals surface area contributed by atoms with Gasteiger partial charge in [0.2, 0.25) is 0 Å². The molecule has 0 aliphatic carbocycles. The largest absolute Gasteiger partial charge is 0.464 e. The minimum atomic E-state index is -0.830. The van der Waals surface area contributed by atoms with Gasteiger partial charge in [-0.3, -0.25) is 4.79 Å². The van der Waals surface area contributed by atoms with E-state index in [2.05, 4.69) is 15.0 Å². The Morgan fingerprint density at radius 2 is 2.10 bits per heavy atom. The van der Waals surface area contributed by atoms with Crippen molar-refractivity contribution in [3.8, 4) is 0 Å². The summed E-state index contributed by atoms with van der Waals surface area (Å²) >= 11 is 0. The molecule has 0 atom stereocenters. The number of halogens is 1. The van der Waals surface area contributed by atoms with Crippen molar-refractivity contribution >= 4 is 17.6 Å². The second-order valence-electron chi connectivity index (χ2n) is 4.30. The van der Waals surface area contributed by atoms with Gasteiger partial charge < -0.3 is 20.8 Å². The highest BCUT2D eigenvalue weighted by molar-refractivity contribution is 5.94. The highest BCUT2D eigenvalue weighted by Crippen LogP contribution is 2.15. The van der Waals surface area contributed by atoms with E-state index in [1.54, 1.807) is 12.1 Å². The van der Waals surface area contributed by atoms with Crippen LogP contribution in [0.4, 0.5) is 10.1 Å². The molecule has 1 aromatic heterocycles. The molecule has 0 radical (unpaired) electrons. The van der Waals surface area contributed by atoms with Crippen LogP contribution in [-0.2, 0) is 11.3 Å². The van der Waals surface area contributed by atoms with Crippen LogP contribution in [0.15, 0.2) is 30.3 Å². The number of amides is 1. The number of rotatable bonds is 5. The van der Waals surface area contributed by atoms with Crippen molar-refractivity contribution in [3.63, 3.8) is 0 Å². The monoisotopic (exact) mass is 291 g/mol. The lowest BCUT2D eigenvalue weighted by molar-refractivity contribution is 0.0594. The zero-order valence-corrected chi connectivity index (χ0v) is 11.3. The van der Waals surface area contributed by atoms with Crippen LogP contribution in [-0.4, -0.2) is 24.0 Å². The average molecular weight is 291 g/mol. The zero-order valence-electron chi connectivity index (χ0n) is 11.3.